The summed E-state index contributed by atoms with van der Waals surface area (Å²) in [5.41, 5.74) is 1.51. The molecular formula is C22H23N3O3S2. The lowest BCUT2D eigenvalue weighted by atomic mass is 10.2. The number of ether oxygens (including phenoxy) is 2. The third-order valence-electron chi connectivity index (χ3n) is 4.44. The normalized spacial score (nSPS) is 10.6. The number of methoxy groups -OCH3 is 1. The van der Waals surface area contributed by atoms with Crippen molar-refractivity contribution >= 4 is 33.6 Å². The van der Waals surface area contributed by atoms with E-state index >= 15 is 0 Å². The van der Waals surface area contributed by atoms with Crippen LogP contribution in [0.1, 0.15) is 22.9 Å². The second-order valence-corrected chi connectivity index (χ2v) is 8.43. The van der Waals surface area contributed by atoms with Gasteiger partial charge in [0.15, 0.2) is 11.5 Å². The van der Waals surface area contributed by atoms with Gasteiger partial charge in [-0.15, -0.1) is 22.7 Å². The molecule has 0 saturated carbocycles. The third-order valence-corrected chi connectivity index (χ3v) is 6.12. The summed E-state index contributed by atoms with van der Waals surface area (Å²) in [5.74, 6) is 1.22. The van der Waals surface area contributed by atoms with Crippen LogP contribution in [-0.4, -0.2) is 31.0 Å². The molecule has 1 aromatic carbocycles. The minimum atomic E-state index is -0.140. The maximum Gasteiger partial charge on any atom is 0.239 e. The standard InChI is InChI=1S/C22H23N3O3S2/c1-3-25(14-21(26)24-22-17(12-23)8-10-30-22)13-16-6-7-19(20(11-16)27-2)28-15-18-5-4-9-29-18/h4-11H,3,13-15H2,1-2H3,(H,24,26). The smallest absolute Gasteiger partial charge is 0.239 e. The van der Waals surface area contributed by atoms with E-state index in [1.165, 1.54) is 11.3 Å². The van der Waals surface area contributed by atoms with Crippen molar-refractivity contribution in [2.24, 2.45) is 0 Å². The highest BCUT2D eigenvalue weighted by atomic mass is 32.1. The van der Waals surface area contributed by atoms with E-state index in [0.717, 1.165) is 10.4 Å². The molecule has 0 radical (unpaired) electrons. The maximum absolute atomic E-state index is 12.4. The van der Waals surface area contributed by atoms with Gasteiger partial charge in [0.25, 0.3) is 0 Å². The molecule has 156 valence electrons. The van der Waals surface area contributed by atoms with Crippen LogP contribution in [-0.2, 0) is 17.9 Å². The van der Waals surface area contributed by atoms with Gasteiger partial charge < -0.3 is 14.8 Å². The SMILES string of the molecule is CCN(CC(=O)Nc1sccc1C#N)Cc1ccc(OCc2cccs2)c(OC)c1. The average Bonchev–Trinajstić information content (AvgIpc) is 3.43. The van der Waals surface area contributed by atoms with Crippen molar-refractivity contribution in [1.29, 1.82) is 5.26 Å². The number of rotatable bonds is 10. The summed E-state index contributed by atoms with van der Waals surface area (Å²) < 4.78 is 11.4. The van der Waals surface area contributed by atoms with Crippen molar-refractivity contribution in [2.45, 2.75) is 20.1 Å². The van der Waals surface area contributed by atoms with Crippen LogP contribution in [0.4, 0.5) is 5.00 Å². The molecule has 2 heterocycles. The topological polar surface area (TPSA) is 74.6 Å². The van der Waals surface area contributed by atoms with Crippen LogP contribution < -0.4 is 14.8 Å². The summed E-state index contributed by atoms with van der Waals surface area (Å²) in [6, 6.07) is 13.6. The zero-order valence-electron chi connectivity index (χ0n) is 16.9. The van der Waals surface area contributed by atoms with Crippen molar-refractivity contribution in [3.8, 4) is 17.6 Å². The minimum absolute atomic E-state index is 0.140. The van der Waals surface area contributed by atoms with E-state index in [0.29, 0.717) is 41.8 Å². The zero-order valence-corrected chi connectivity index (χ0v) is 18.5. The minimum Gasteiger partial charge on any atom is -0.493 e. The van der Waals surface area contributed by atoms with Gasteiger partial charge in [-0.3, -0.25) is 9.69 Å². The molecule has 3 aromatic rings. The van der Waals surface area contributed by atoms with E-state index in [4.69, 9.17) is 14.7 Å². The van der Waals surface area contributed by atoms with Gasteiger partial charge in [-0.05, 0) is 47.1 Å². The fraction of sp³-hybridized carbons (Fsp3) is 0.273. The molecule has 3 rings (SSSR count). The molecule has 0 spiro atoms. The van der Waals surface area contributed by atoms with Gasteiger partial charge in [0.1, 0.15) is 17.7 Å². The quantitative estimate of drug-likeness (QED) is 0.492. The number of nitrogens with one attached hydrogen (secondary N) is 1. The maximum atomic E-state index is 12.4. The molecule has 6 nitrogen and oxygen atoms in total. The highest BCUT2D eigenvalue weighted by Gasteiger charge is 2.14. The molecule has 8 heteroatoms. The van der Waals surface area contributed by atoms with Gasteiger partial charge in [0.05, 0.1) is 19.2 Å². The Balaban J connectivity index is 1.60. The highest BCUT2D eigenvalue weighted by molar-refractivity contribution is 7.14. The number of nitrogens with zero attached hydrogens (tertiary/aromatic N) is 2. The number of anilines is 1. The number of likely N-dealkylation sites (N-methyl/N-ethyl adjacent to an activating group) is 1. The monoisotopic (exact) mass is 441 g/mol. The Morgan fingerprint density at radius 2 is 2.07 bits per heavy atom. The number of hydrogen-bond acceptors (Lipinski definition) is 7. The second kappa shape index (κ2) is 10.8. The third kappa shape index (κ3) is 5.83. The van der Waals surface area contributed by atoms with Gasteiger partial charge in [0.2, 0.25) is 5.91 Å². The number of hydrogen-bond donors (Lipinski definition) is 1. The lowest BCUT2D eigenvalue weighted by Gasteiger charge is -2.20. The molecule has 0 fully saturated rings. The molecule has 1 N–H and O–H groups in total. The lowest BCUT2D eigenvalue weighted by molar-refractivity contribution is -0.117. The fourth-order valence-electron chi connectivity index (χ4n) is 2.87. The first-order valence-electron chi connectivity index (χ1n) is 9.44. The molecule has 0 saturated heterocycles. The molecule has 30 heavy (non-hydrogen) atoms. The number of amides is 1. The Morgan fingerprint density at radius 1 is 1.20 bits per heavy atom. The first-order valence-corrected chi connectivity index (χ1v) is 11.2. The van der Waals surface area contributed by atoms with Crippen molar-refractivity contribution in [2.75, 3.05) is 25.5 Å². The van der Waals surface area contributed by atoms with E-state index in [2.05, 4.69) is 11.4 Å². The van der Waals surface area contributed by atoms with Crippen LogP contribution in [0, 0.1) is 11.3 Å². The fourth-order valence-corrected chi connectivity index (χ4v) is 4.24. The summed E-state index contributed by atoms with van der Waals surface area (Å²) in [5, 5.41) is 16.3. The molecule has 0 bridgehead atoms. The number of nitriles is 1. The Hall–Kier alpha value is -2.86. The molecule has 0 aliphatic heterocycles. The first kappa shape index (κ1) is 21.8. The Bertz CT molecular complexity index is 1010. The number of carbonyl (C=O) groups excluding carboxylic acids is 1. The summed E-state index contributed by atoms with van der Waals surface area (Å²) in [6.07, 6.45) is 0. The molecule has 0 atom stereocenters. The molecule has 0 unspecified atom stereocenters. The summed E-state index contributed by atoms with van der Waals surface area (Å²) >= 11 is 3.00. The van der Waals surface area contributed by atoms with Crippen LogP contribution in [0.2, 0.25) is 0 Å². The van der Waals surface area contributed by atoms with Crippen LogP contribution in [0.5, 0.6) is 11.5 Å². The summed E-state index contributed by atoms with van der Waals surface area (Å²) in [7, 11) is 1.62. The van der Waals surface area contributed by atoms with E-state index in [-0.39, 0.29) is 12.5 Å². The Morgan fingerprint density at radius 3 is 2.77 bits per heavy atom. The van der Waals surface area contributed by atoms with E-state index in [1.807, 2.05) is 47.5 Å². The second-order valence-electron chi connectivity index (χ2n) is 6.48. The molecule has 2 aromatic heterocycles. The number of benzene rings is 1. The van der Waals surface area contributed by atoms with Crippen LogP contribution in [0.15, 0.2) is 47.2 Å². The Kier molecular flexibility index (Phi) is 7.85. The lowest BCUT2D eigenvalue weighted by Crippen LogP contribution is -2.32. The largest absolute Gasteiger partial charge is 0.493 e. The summed E-state index contributed by atoms with van der Waals surface area (Å²) in [6.45, 7) is 4.05. The number of carbonyl (C=O) groups is 1. The molecule has 1 amide bonds. The van der Waals surface area contributed by atoms with Gasteiger partial charge in [-0.1, -0.05) is 19.1 Å². The van der Waals surface area contributed by atoms with E-state index in [9.17, 15) is 4.79 Å². The van der Waals surface area contributed by atoms with Crippen molar-refractivity contribution < 1.29 is 14.3 Å². The zero-order chi connectivity index (χ0) is 21.3. The van der Waals surface area contributed by atoms with Crippen molar-refractivity contribution in [3.63, 3.8) is 0 Å². The van der Waals surface area contributed by atoms with Gasteiger partial charge in [-0.2, -0.15) is 5.26 Å². The van der Waals surface area contributed by atoms with Gasteiger partial charge >= 0.3 is 0 Å². The van der Waals surface area contributed by atoms with Gasteiger partial charge in [-0.25, -0.2) is 0 Å². The highest BCUT2D eigenvalue weighted by Crippen LogP contribution is 2.30. The van der Waals surface area contributed by atoms with E-state index in [1.54, 1.807) is 29.9 Å². The molecular weight excluding hydrogens is 418 g/mol. The first-order chi connectivity index (χ1) is 14.6. The van der Waals surface area contributed by atoms with Crippen LogP contribution in [0.25, 0.3) is 0 Å². The Labute approximate surface area is 184 Å². The van der Waals surface area contributed by atoms with Crippen molar-refractivity contribution in [3.05, 3.63) is 63.2 Å². The molecule has 0 aliphatic rings. The predicted molar refractivity (Wildman–Crippen MR) is 120 cm³/mol. The number of thiophene rings is 2. The van der Waals surface area contributed by atoms with E-state index < -0.39 is 0 Å². The predicted octanol–water partition coefficient (Wildman–Crippen LogP) is 4.73. The summed E-state index contributed by atoms with van der Waals surface area (Å²) in [4.78, 5) is 15.6. The van der Waals surface area contributed by atoms with Crippen molar-refractivity contribution in [1.82, 2.24) is 4.90 Å². The van der Waals surface area contributed by atoms with Crippen LogP contribution >= 0.6 is 22.7 Å². The molecule has 0 aliphatic carbocycles. The van der Waals surface area contributed by atoms with Gasteiger partial charge in [0, 0.05) is 11.4 Å². The van der Waals surface area contributed by atoms with Crippen LogP contribution in [0.3, 0.4) is 0 Å². The average molecular weight is 442 g/mol.